The Morgan fingerprint density at radius 3 is 2.50 bits per heavy atom. The molecule has 1 aliphatic heterocycles. The topological polar surface area (TPSA) is 41.0 Å². The van der Waals surface area contributed by atoms with Crippen LogP contribution in [-0.4, -0.2) is 34.5 Å². The molecule has 3 rings (SSSR count). The Bertz CT molecular complexity index is 688. The lowest BCUT2D eigenvalue weighted by Gasteiger charge is -2.18. The fourth-order valence-corrected chi connectivity index (χ4v) is 3.34. The molecule has 1 aromatic heterocycles. The molecular weight excluding hydrogens is 296 g/mol. The lowest BCUT2D eigenvalue weighted by Crippen LogP contribution is -2.23. The molecule has 1 saturated heterocycles. The normalized spacial score (nSPS) is 18.1. The summed E-state index contributed by atoms with van der Waals surface area (Å²) in [5.74, 6) is 1.44. The molecule has 1 atom stereocenters. The van der Waals surface area contributed by atoms with Crippen LogP contribution in [0, 0.1) is 33.6 Å². The third kappa shape index (κ3) is 3.93. The Balaban J connectivity index is 1.52. The van der Waals surface area contributed by atoms with Gasteiger partial charge in [0.15, 0.2) is 0 Å². The third-order valence-electron chi connectivity index (χ3n) is 5.21. The van der Waals surface area contributed by atoms with Gasteiger partial charge < -0.3 is 5.32 Å². The Hall–Kier alpha value is -1.94. The van der Waals surface area contributed by atoms with Gasteiger partial charge in [-0.25, -0.2) is 9.97 Å². The monoisotopic (exact) mass is 324 g/mol. The summed E-state index contributed by atoms with van der Waals surface area (Å²) in [7, 11) is 0. The van der Waals surface area contributed by atoms with E-state index < -0.39 is 0 Å². The van der Waals surface area contributed by atoms with Gasteiger partial charge in [0.1, 0.15) is 0 Å². The summed E-state index contributed by atoms with van der Waals surface area (Å²) in [4.78, 5) is 11.7. The first kappa shape index (κ1) is 16.9. The number of nitrogens with zero attached hydrogens (tertiary/aromatic N) is 3. The molecule has 0 aliphatic carbocycles. The summed E-state index contributed by atoms with van der Waals surface area (Å²) < 4.78 is 0. The highest BCUT2D eigenvalue weighted by atomic mass is 15.2. The van der Waals surface area contributed by atoms with Crippen molar-refractivity contribution in [2.24, 2.45) is 5.92 Å². The fourth-order valence-electron chi connectivity index (χ4n) is 3.34. The zero-order valence-electron chi connectivity index (χ0n) is 15.3. The standard InChI is InChI=1S/C20H28N4/c1-14-7-5-6-8-19(14)13-24-10-9-18(12-24)11-21-20-22-16(3)15(2)17(4)23-20/h5-8,18H,9-13H2,1-4H3,(H,21,22,23). The lowest BCUT2D eigenvalue weighted by atomic mass is 10.1. The number of likely N-dealkylation sites (tertiary alicyclic amines) is 1. The van der Waals surface area contributed by atoms with E-state index in [-0.39, 0.29) is 0 Å². The smallest absolute Gasteiger partial charge is 0.223 e. The van der Waals surface area contributed by atoms with Gasteiger partial charge in [0.05, 0.1) is 0 Å². The number of aromatic nitrogens is 2. The van der Waals surface area contributed by atoms with Gasteiger partial charge in [0.25, 0.3) is 0 Å². The highest BCUT2D eigenvalue weighted by molar-refractivity contribution is 5.33. The summed E-state index contributed by atoms with van der Waals surface area (Å²) in [5.41, 5.74) is 6.15. The van der Waals surface area contributed by atoms with Gasteiger partial charge in [-0.1, -0.05) is 24.3 Å². The van der Waals surface area contributed by atoms with Crippen molar-refractivity contribution in [1.29, 1.82) is 0 Å². The molecule has 1 unspecified atom stereocenters. The second kappa shape index (κ2) is 7.31. The van der Waals surface area contributed by atoms with Crippen molar-refractivity contribution in [3.63, 3.8) is 0 Å². The molecule has 24 heavy (non-hydrogen) atoms. The van der Waals surface area contributed by atoms with Crippen LogP contribution in [0.15, 0.2) is 24.3 Å². The summed E-state index contributed by atoms with van der Waals surface area (Å²) in [6.07, 6.45) is 1.24. The minimum atomic E-state index is 0.666. The van der Waals surface area contributed by atoms with Crippen molar-refractivity contribution in [3.05, 3.63) is 52.3 Å². The first-order valence-electron chi connectivity index (χ1n) is 8.85. The molecule has 1 aliphatic rings. The van der Waals surface area contributed by atoms with Gasteiger partial charge in [-0.05, 0) is 63.3 Å². The van der Waals surface area contributed by atoms with E-state index >= 15 is 0 Å². The van der Waals surface area contributed by atoms with E-state index in [1.807, 2.05) is 0 Å². The predicted molar refractivity (Wildman–Crippen MR) is 99.3 cm³/mol. The van der Waals surface area contributed by atoms with Crippen LogP contribution in [0.4, 0.5) is 5.95 Å². The van der Waals surface area contributed by atoms with Gasteiger partial charge in [0.2, 0.25) is 5.95 Å². The largest absolute Gasteiger partial charge is 0.354 e. The van der Waals surface area contributed by atoms with Gasteiger partial charge in [-0.3, -0.25) is 4.90 Å². The molecule has 0 spiro atoms. The highest BCUT2D eigenvalue weighted by Gasteiger charge is 2.22. The van der Waals surface area contributed by atoms with E-state index in [9.17, 15) is 0 Å². The Labute approximate surface area is 145 Å². The SMILES string of the molecule is Cc1ccccc1CN1CCC(CNc2nc(C)c(C)c(C)n2)C1. The molecule has 1 aromatic carbocycles. The van der Waals surface area contributed by atoms with Crippen LogP contribution in [0.3, 0.4) is 0 Å². The van der Waals surface area contributed by atoms with Crippen LogP contribution < -0.4 is 5.32 Å². The molecule has 4 nitrogen and oxygen atoms in total. The molecule has 1 N–H and O–H groups in total. The molecule has 0 saturated carbocycles. The van der Waals surface area contributed by atoms with Crippen molar-refractivity contribution < 1.29 is 0 Å². The summed E-state index contributed by atoms with van der Waals surface area (Å²) in [6, 6.07) is 8.69. The minimum absolute atomic E-state index is 0.666. The Kier molecular flexibility index (Phi) is 5.14. The number of rotatable bonds is 5. The fraction of sp³-hybridized carbons (Fsp3) is 0.500. The molecule has 2 heterocycles. The molecule has 2 aromatic rings. The van der Waals surface area contributed by atoms with E-state index in [0.29, 0.717) is 5.92 Å². The molecule has 4 heteroatoms. The quantitative estimate of drug-likeness (QED) is 0.911. The van der Waals surface area contributed by atoms with E-state index in [4.69, 9.17) is 0 Å². The zero-order valence-corrected chi connectivity index (χ0v) is 15.3. The molecule has 128 valence electrons. The number of aryl methyl sites for hydroxylation is 3. The average Bonchev–Trinajstić information content (AvgIpc) is 3.00. The maximum Gasteiger partial charge on any atom is 0.223 e. The molecule has 0 amide bonds. The lowest BCUT2D eigenvalue weighted by molar-refractivity contribution is 0.318. The van der Waals surface area contributed by atoms with Crippen molar-refractivity contribution in [3.8, 4) is 0 Å². The molecule has 0 bridgehead atoms. The second-order valence-corrected chi connectivity index (χ2v) is 7.04. The van der Waals surface area contributed by atoms with Gasteiger partial charge in [-0.2, -0.15) is 0 Å². The number of nitrogens with one attached hydrogen (secondary N) is 1. The van der Waals surface area contributed by atoms with E-state index in [1.165, 1.54) is 29.7 Å². The van der Waals surface area contributed by atoms with Crippen LogP contribution in [-0.2, 0) is 6.54 Å². The van der Waals surface area contributed by atoms with Crippen LogP contribution in [0.2, 0.25) is 0 Å². The zero-order chi connectivity index (χ0) is 17.1. The molecular formula is C20H28N4. The van der Waals surface area contributed by atoms with Crippen LogP contribution in [0.25, 0.3) is 0 Å². The van der Waals surface area contributed by atoms with Crippen LogP contribution in [0.1, 0.15) is 34.5 Å². The summed E-state index contributed by atoms with van der Waals surface area (Å²) in [6.45, 7) is 12.7. The third-order valence-corrected chi connectivity index (χ3v) is 5.21. The van der Waals surface area contributed by atoms with Crippen molar-refractivity contribution in [1.82, 2.24) is 14.9 Å². The summed E-state index contributed by atoms with van der Waals surface area (Å²) in [5, 5.41) is 3.44. The molecule has 0 radical (unpaired) electrons. The minimum Gasteiger partial charge on any atom is -0.354 e. The van der Waals surface area contributed by atoms with Gasteiger partial charge in [-0.15, -0.1) is 0 Å². The van der Waals surface area contributed by atoms with Gasteiger partial charge in [0, 0.05) is 31.0 Å². The Morgan fingerprint density at radius 2 is 1.79 bits per heavy atom. The van der Waals surface area contributed by atoms with Crippen molar-refractivity contribution in [2.75, 3.05) is 25.0 Å². The molecule has 1 fully saturated rings. The number of hydrogen-bond acceptors (Lipinski definition) is 4. The number of anilines is 1. The first-order valence-corrected chi connectivity index (χ1v) is 8.85. The summed E-state index contributed by atoms with van der Waals surface area (Å²) >= 11 is 0. The second-order valence-electron chi connectivity index (χ2n) is 7.04. The maximum atomic E-state index is 4.56. The Morgan fingerprint density at radius 1 is 1.08 bits per heavy atom. The van der Waals surface area contributed by atoms with Crippen molar-refractivity contribution in [2.45, 2.75) is 40.7 Å². The maximum absolute atomic E-state index is 4.56. The van der Waals surface area contributed by atoms with Crippen LogP contribution >= 0.6 is 0 Å². The average molecular weight is 324 g/mol. The van der Waals surface area contributed by atoms with E-state index in [1.54, 1.807) is 0 Å². The predicted octanol–water partition coefficient (Wildman–Crippen LogP) is 3.64. The number of hydrogen-bond donors (Lipinski definition) is 1. The highest BCUT2D eigenvalue weighted by Crippen LogP contribution is 2.20. The number of benzene rings is 1. The first-order chi connectivity index (χ1) is 11.5. The van der Waals surface area contributed by atoms with Crippen LogP contribution in [0.5, 0.6) is 0 Å². The van der Waals surface area contributed by atoms with E-state index in [2.05, 4.69) is 72.1 Å². The van der Waals surface area contributed by atoms with E-state index in [0.717, 1.165) is 37.0 Å². The van der Waals surface area contributed by atoms with Gasteiger partial charge >= 0.3 is 0 Å². The van der Waals surface area contributed by atoms with Crippen molar-refractivity contribution >= 4 is 5.95 Å².